The average Bonchev–Trinajstić information content (AvgIpc) is 1.88. The Morgan fingerprint density at radius 1 is 1.80 bits per heavy atom. The minimum atomic E-state index is -0.473. The summed E-state index contributed by atoms with van der Waals surface area (Å²) in [7, 11) is 0. The molecule has 0 aromatic rings. The van der Waals surface area contributed by atoms with Crippen molar-refractivity contribution in [2.24, 2.45) is 0 Å². The van der Waals surface area contributed by atoms with Crippen LogP contribution in [0.1, 0.15) is 6.92 Å². The van der Waals surface area contributed by atoms with E-state index in [2.05, 4.69) is 10.6 Å². The smallest absolute Gasteiger partial charge is 0.103 e. The molecule has 0 saturated carbocycles. The first kappa shape index (κ1) is 7.94. The van der Waals surface area contributed by atoms with Crippen LogP contribution in [0.25, 0.3) is 0 Å². The topological polar surface area (TPSA) is 53.5 Å². The summed E-state index contributed by atoms with van der Waals surface area (Å²) in [6.07, 6.45) is -0.368. The normalized spacial score (nSPS) is 30.0. The first-order valence-corrected chi connectivity index (χ1v) is 3.54. The number of aliphatic hydroxyl groups is 1. The van der Waals surface area contributed by atoms with Crippen LogP contribution in [0, 0.1) is 0 Å². The molecule has 1 fully saturated rings. The molecule has 0 aromatic carbocycles. The van der Waals surface area contributed by atoms with Gasteiger partial charge in [-0.25, -0.2) is 0 Å². The maximum atomic E-state index is 8.90. The summed E-state index contributed by atoms with van der Waals surface area (Å²) in [5.41, 5.74) is 0. The van der Waals surface area contributed by atoms with Crippen LogP contribution in [0.2, 0.25) is 0 Å². The molecule has 2 atom stereocenters. The van der Waals surface area contributed by atoms with Gasteiger partial charge < -0.3 is 9.84 Å². The summed E-state index contributed by atoms with van der Waals surface area (Å²) in [5.74, 6) is 0. The zero-order chi connectivity index (χ0) is 7.40. The van der Waals surface area contributed by atoms with Gasteiger partial charge in [-0.1, -0.05) is 0 Å². The number of hydrogen-bond acceptors (Lipinski definition) is 4. The van der Waals surface area contributed by atoms with Crippen molar-refractivity contribution < 1.29 is 9.84 Å². The standard InChI is InChI=1S/C6H14N2O2/c1-5(9)8-6-4-10-3-2-7-6/h5-9H,2-4H2,1H3. The van der Waals surface area contributed by atoms with Gasteiger partial charge in [-0.05, 0) is 6.92 Å². The van der Waals surface area contributed by atoms with E-state index in [9.17, 15) is 0 Å². The van der Waals surface area contributed by atoms with E-state index in [-0.39, 0.29) is 6.17 Å². The molecule has 2 unspecified atom stereocenters. The van der Waals surface area contributed by atoms with Gasteiger partial charge >= 0.3 is 0 Å². The molecule has 10 heavy (non-hydrogen) atoms. The Kier molecular flexibility index (Phi) is 3.08. The molecule has 0 aliphatic carbocycles. The lowest BCUT2D eigenvalue weighted by Gasteiger charge is -2.25. The minimum Gasteiger partial charge on any atom is -0.379 e. The van der Waals surface area contributed by atoms with Crippen LogP contribution in [0.4, 0.5) is 0 Å². The van der Waals surface area contributed by atoms with E-state index in [1.807, 2.05) is 0 Å². The van der Waals surface area contributed by atoms with Crippen LogP contribution in [-0.2, 0) is 4.74 Å². The number of morpholine rings is 1. The summed E-state index contributed by atoms with van der Waals surface area (Å²) in [6.45, 7) is 3.93. The van der Waals surface area contributed by atoms with Gasteiger partial charge in [0, 0.05) is 6.54 Å². The second-order valence-corrected chi connectivity index (χ2v) is 2.42. The van der Waals surface area contributed by atoms with Crippen molar-refractivity contribution in [3.8, 4) is 0 Å². The third kappa shape index (κ3) is 2.62. The average molecular weight is 146 g/mol. The lowest BCUT2D eigenvalue weighted by molar-refractivity contribution is 0.0370. The summed E-state index contributed by atoms with van der Waals surface area (Å²) in [6, 6.07) is 0. The number of ether oxygens (including phenoxy) is 1. The van der Waals surface area contributed by atoms with E-state index in [4.69, 9.17) is 9.84 Å². The Labute approximate surface area is 60.6 Å². The molecule has 3 N–H and O–H groups in total. The Hall–Kier alpha value is -0.160. The maximum Gasteiger partial charge on any atom is 0.103 e. The van der Waals surface area contributed by atoms with Gasteiger partial charge in [-0.3, -0.25) is 10.6 Å². The molecule has 1 rings (SSSR count). The van der Waals surface area contributed by atoms with Crippen molar-refractivity contribution >= 4 is 0 Å². The second kappa shape index (κ2) is 3.88. The molecule has 4 nitrogen and oxygen atoms in total. The molecule has 1 heterocycles. The lowest BCUT2D eigenvalue weighted by atomic mass is 10.4. The van der Waals surface area contributed by atoms with Gasteiger partial charge in [-0.2, -0.15) is 0 Å². The van der Waals surface area contributed by atoms with Gasteiger partial charge in [0.1, 0.15) is 6.23 Å². The van der Waals surface area contributed by atoms with Crippen molar-refractivity contribution in [3.63, 3.8) is 0 Å². The molecule has 0 aromatic heterocycles. The number of hydrogen-bond donors (Lipinski definition) is 3. The minimum absolute atomic E-state index is 0.105. The predicted octanol–water partition coefficient (Wildman–Crippen LogP) is -1.14. The van der Waals surface area contributed by atoms with Crippen LogP contribution < -0.4 is 10.6 Å². The van der Waals surface area contributed by atoms with Crippen LogP contribution in [0.15, 0.2) is 0 Å². The zero-order valence-corrected chi connectivity index (χ0v) is 6.13. The molecule has 0 radical (unpaired) electrons. The summed E-state index contributed by atoms with van der Waals surface area (Å²) >= 11 is 0. The number of rotatable bonds is 2. The summed E-state index contributed by atoms with van der Waals surface area (Å²) in [5, 5.41) is 15.0. The van der Waals surface area contributed by atoms with Gasteiger partial charge in [0.2, 0.25) is 0 Å². The third-order valence-electron chi connectivity index (χ3n) is 1.36. The van der Waals surface area contributed by atoms with Crippen molar-refractivity contribution in [2.45, 2.75) is 19.3 Å². The molecule has 1 saturated heterocycles. The summed E-state index contributed by atoms with van der Waals surface area (Å²) < 4.78 is 5.15. The first-order valence-electron chi connectivity index (χ1n) is 3.54. The molecule has 1 aliphatic rings. The fourth-order valence-corrected chi connectivity index (χ4v) is 0.964. The maximum absolute atomic E-state index is 8.90. The summed E-state index contributed by atoms with van der Waals surface area (Å²) in [4.78, 5) is 0. The van der Waals surface area contributed by atoms with E-state index < -0.39 is 6.23 Å². The van der Waals surface area contributed by atoms with E-state index >= 15 is 0 Å². The van der Waals surface area contributed by atoms with Crippen LogP contribution in [-0.4, -0.2) is 37.3 Å². The molecular formula is C6H14N2O2. The molecule has 0 spiro atoms. The molecule has 1 aliphatic heterocycles. The second-order valence-electron chi connectivity index (χ2n) is 2.42. The highest BCUT2D eigenvalue weighted by Gasteiger charge is 2.12. The highest BCUT2D eigenvalue weighted by Crippen LogP contribution is 1.89. The third-order valence-corrected chi connectivity index (χ3v) is 1.36. The van der Waals surface area contributed by atoms with Crippen LogP contribution in [0.5, 0.6) is 0 Å². The molecule has 60 valence electrons. The molecular weight excluding hydrogens is 132 g/mol. The zero-order valence-electron chi connectivity index (χ0n) is 6.13. The monoisotopic (exact) mass is 146 g/mol. The SMILES string of the molecule is CC(O)NC1COCCN1. The first-order chi connectivity index (χ1) is 4.79. The Morgan fingerprint density at radius 2 is 2.60 bits per heavy atom. The largest absolute Gasteiger partial charge is 0.379 e. The number of aliphatic hydroxyl groups excluding tert-OH is 1. The highest BCUT2D eigenvalue weighted by molar-refractivity contribution is 4.67. The van der Waals surface area contributed by atoms with E-state index in [1.54, 1.807) is 6.92 Å². The number of nitrogens with one attached hydrogen (secondary N) is 2. The Bertz CT molecular complexity index is 91.7. The quantitative estimate of drug-likeness (QED) is 0.431. The fourth-order valence-electron chi connectivity index (χ4n) is 0.964. The van der Waals surface area contributed by atoms with E-state index in [0.717, 1.165) is 13.2 Å². The Balaban J connectivity index is 2.13. The van der Waals surface area contributed by atoms with Crippen molar-refractivity contribution in [1.29, 1.82) is 0 Å². The van der Waals surface area contributed by atoms with E-state index in [1.165, 1.54) is 0 Å². The Morgan fingerprint density at radius 3 is 3.10 bits per heavy atom. The van der Waals surface area contributed by atoms with E-state index in [0.29, 0.717) is 6.61 Å². The fraction of sp³-hybridized carbons (Fsp3) is 1.00. The molecule has 0 amide bonds. The van der Waals surface area contributed by atoms with Gasteiger partial charge in [0.15, 0.2) is 0 Å². The molecule has 4 heteroatoms. The lowest BCUT2D eigenvalue weighted by Crippen LogP contribution is -2.53. The van der Waals surface area contributed by atoms with Crippen LogP contribution in [0.3, 0.4) is 0 Å². The van der Waals surface area contributed by atoms with Crippen molar-refractivity contribution in [2.75, 3.05) is 19.8 Å². The van der Waals surface area contributed by atoms with Gasteiger partial charge in [0.05, 0.1) is 19.4 Å². The van der Waals surface area contributed by atoms with Crippen molar-refractivity contribution in [1.82, 2.24) is 10.6 Å². The van der Waals surface area contributed by atoms with Gasteiger partial charge in [-0.15, -0.1) is 0 Å². The predicted molar refractivity (Wildman–Crippen MR) is 37.4 cm³/mol. The van der Waals surface area contributed by atoms with Crippen LogP contribution >= 0.6 is 0 Å². The van der Waals surface area contributed by atoms with Gasteiger partial charge in [0.25, 0.3) is 0 Å². The highest BCUT2D eigenvalue weighted by atomic mass is 16.5. The molecule has 0 bridgehead atoms. The van der Waals surface area contributed by atoms with Crippen molar-refractivity contribution in [3.05, 3.63) is 0 Å².